The molecule has 0 spiro atoms. The quantitative estimate of drug-likeness (QED) is 0.281. The average molecular weight is 563 g/mol. The van der Waals surface area contributed by atoms with Gasteiger partial charge in [0.2, 0.25) is 6.79 Å². The Morgan fingerprint density at radius 3 is 2.40 bits per heavy atom. The van der Waals surface area contributed by atoms with Crippen LogP contribution < -0.4 is 14.2 Å². The molecule has 1 N–H and O–H groups in total. The van der Waals surface area contributed by atoms with E-state index in [4.69, 9.17) is 14.2 Å². The van der Waals surface area contributed by atoms with Crippen molar-refractivity contribution in [3.63, 3.8) is 0 Å². The first-order valence-electron chi connectivity index (χ1n) is 13.0. The second-order valence-corrected chi connectivity index (χ2v) is 11.5. The number of nitrogens with one attached hydrogen (secondary N) is 1. The Kier molecular flexibility index (Phi) is 7.53. The van der Waals surface area contributed by atoms with Gasteiger partial charge < -0.3 is 18.8 Å². The van der Waals surface area contributed by atoms with Crippen molar-refractivity contribution in [2.45, 2.75) is 44.0 Å². The first kappa shape index (κ1) is 27.3. The number of rotatable bonds is 9. The van der Waals surface area contributed by atoms with E-state index in [2.05, 4.69) is 4.72 Å². The summed E-state index contributed by atoms with van der Waals surface area (Å²) in [5.74, 6) is -0.161. The van der Waals surface area contributed by atoms with Crippen LogP contribution in [0.15, 0.2) is 77.8 Å². The minimum atomic E-state index is -4.21. The Balaban J connectivity index is 1.59. The number of para-hydroxylation sites is 1. The number of hydrogen-bond acceptors (Lipinski definition) is 7. The number of hydrogen-bond donors (Lipinski definition) is 1. The minimum Gasteiger partial charge on any atom is -0.462 e. The maximum atomic E-state index is 13.9. The van der Waals surface area contributed by atoms with Gasteiger partial charge in [-0.3, -0.25) is 4.79 Å². The third kappa shape index (κ3) is 5.27. The van der Waals surface area contributed by atoms with Crippen molar-refractivity contribution in [2.75, 3.05) is 13.4 Å². The van der Waals surface area contributed by atoms with Crippen LogP contribution in [-0.4, -0.2) is 38.3 Å². The zero-order valence-electron chi connectivity index (χ0n) is 22.4. The van der Waals surface area contributed by atoms with Gasteiger partial charge in [-0.15, -0.1) is 0 Å². The molecule has 208 valence electrons. The van der Waals surface area contributed by atoms with Crippen LogP contribution in [0, 0.1) is 0 Å². The standard InChI is InChI=1S/C30H30N2O7S/c1-4-15-37-30(34)24-17-32(25-8-6-5-7-23(24)25)28(21-11-14-26-27(16-21)39-18-38-26)29(33)31-40(35,36)22-12-9-20(10-13-22)19(2)3/h5-14,16-17,19,28H,4,15,18H2,1-3H3,(H,31,33). The molecule has 0 aliphatic carbocycles. The van der Waals surface area contributed by atoms with Gasteiger partial charge in [0, 0.05) is 17.1 Å². The van der Waals surface area contributed by atoms with Crippen LogP contribution >= 0.6 is 0 Å². The van der Waals surface area contributed by atoms with Crippen molar-refractivity contribution in [3.8, 4) is 11.5 Å². The van der Waals surface area contributed by atoms with Crippen LogP contribution in [0.3, 0.4) is 0 Å². The molecule has 9 nitrogen and oxygen atoms in total. The van der Waals surface area contributed by atoms with E-state index in [1.54, 1.807) is 59.2 Å². The second kappa shape index (κ2) is 11.1. The molecule has 1 aromatic heterocycles. The van der Waals surface area contributed by atoms with E-state index in [9.17, 15) is 18.0 Å². The molecule has 0 radical (unpaired) electrons. The molecular weight excluding hydrogens is 532 g/mol. The van der Waals surface area contributed by atoms with Crippen LogP contribution in [0.2, 0.25) is 0 Å². The molecule has 0 bridgehead atoms. The Hall–Kier alpha value is -4.31. The molecule has 2 heterocycles. The molecule has 0 fully saturated rings. The third-order valence-electron chi connectivity index (χ3n) is 6.73. The fraction of sp³-hybridized carbons (Fsp3) is 0.267. The fourth-order valence-corrected chi connectivity index (χ4v) is 5.64. The highest BCUT2D eigenvalue weighted by Crippen LogP contribution is 2.37. The van der Waals surface area contributed by atoms with Crippen molar-refractivity contribution in [3.05, 3.63) is 89.6 Å². The van der Waals surface area contributed by atoms with Gasteiger partial charge in [-0.25, -0.2) is 17.9 Å². The number of aromatic nitrogens is 1. The molecule has 0 saturated heterocycles. The van der Waals surface area contributed by atoms with Crippen LogP contribution in [0.1, 0.15) is 60.6 Å². The summed E-state index contributed by atoms with van der Waals surface area (Å²) in [4.78, 5) is 26.8. The van der Waals surface area contributed by atoms with Crippen LogP contribution in [-0.2, 0) is 19.6 Å². The van der Waals surface area contributed by atoms with Gasteiger partial charge in [-0.2, -0.15) is 0 Å². The smallest absolute Gasteiger partial charge is 0.340 e. The molecule has 1 aliphatic rings. The molecule has 1 aliphatic heterocycles. The summed E-state index contributed by atoms with van der Waals surface area (Å²) in [5.41, 5.74) is 2.25. The van der Waals surface area contributed by atoms with E-state index in [0.29, 0.717) is 34.4 Å². The van der Waals surface area contributed by atoms with Crippen molar-refractivity contribution >= 4 is 32.8 Å². The number of benzene rings is 3. The number of fused-ring (bicyclic) bond motifs is 2. The summed E-state index contributed by atoms with van der Waals surface area (Å²) in [5, 5.41) is 0.578. The number of carbonyl (C=O) groups is 2. The minimum absolute atomic E-state index is 0.0316. The third-order valence-corrected chi connectivity index (χ3v) is 8.09. The highest BCUT2D eigenvalue weighted by Gasteiger charge is 2.31. The van der Waals surface area contributed by atoms with Crippen molar-refractivity contribution in [1.82, 2.24) is 9.29 Å². The van der Waals surface area contributed by atoms with E-state index in [1.165, 1.54) is 18.3 Å². The first-order chi connectivity index (χ1) is 19.2. The SMILES string of the molecule is CCCOC(=O)c1cn(C(C(=O)NS(=O)(=O)c2ccc(C(C)C)cc2)c2ccc3c(c2)OCO3)c2ccccc12. The summed E-state index contributed by atoms with van der Waals surface area (Å²) >= 11 is 0. The Morgan fingerprint density at radius 1 is 0.975 bits per heavy atom. The summed E-state index contributed by atoms with van der Waals surface area (Å²) < 4.78 is 46.8. The number of ether oxygens (including phenoxy) is 3. The van der Waals surface area contributed by atoms with Gasteiger partial charge in [-0.1, -0.05) is 57.2 Å². The number of carbonyl (C=O) groups excluding carboxylic acids is 2. The normalized spacial score (nSPS) is 13.4. The number of sulfonamides is 1. The van der Waals surface area contributed by atoms with Gasteiger partial charge in [0.1, 0.15) is 6.04 Å². The summed E-state index contributed by atoms with van der Waals surface area (Å²) in [6.07, 6.45) is 2.18. The van der Waals surface area contributed by atoms with Crippen molar-refractivity contribution < 1.29 is 32.2 Å². The molecule has 1 atom stereocenters. The van der Waals surface area contributed by atoms with Crippen LogP contribution in [0.4, 0.5) is 0 Å². The van der Waals surface area contributed by atoms with Crippen LogP contribution in [0.5, 0.6) is 11.5 Å². The van der Waals surface area contributed by atoms with E-state index in [-0.39, 0.29) is 29.8 Å². The molecule has 0 saturated carbocycles. The van der Waals surface area contributed by atoms with E-state index < -0.39 is 27.9 Å². The zero-order chi connectivity index (χ0) is 28.4. The molecule has 3 aromatic carbocycles. The Bertz CT molecular complexity index is 1670. The lowest BCUT2D eigenvalue weighted by Gasteiger charge is -2.21. The Morgan fingerprint density at radius 2 is 1.68 bits per heavy atom. The van der Waals surface area contributed by atoms with Gasteiger partial charge >= 0.3 is 5.97 Å². The zero-order valence-corrected chi connectivity index (χ0v) is 23.2. The predicted octanol–water partition coefficient (Wildman–Crippen LogP) is 5.15. The maximum Gasteiger partial charge on any atom is 0.340 e. The summed E-state index contributed by atoms with van der Waals surface area (Å²) in [6, 6.07) is 17.3. The van der Waals surface area contributed by atoms with Crippen molar-refractivity contribution in [2.24, 2.45) is 0 Å². The second-order valence-electron chi connectivity index (χ2n) is 9.81. The molecule has 1 unspecified atom stereocenters. The first-order valence-corrected chi connectivity index (χ1v) is 14.5. The highest BCUT2D eigenvalue weighted by molar-refractivity contribution is 7.90. The van der Waals surface area contributed by atoms with Gasteiger partial charge in [0.15, 0.2) is 11.5 Å². The average Bonchev–Trinajstić information content (AvgIpc) is 3.56. The molecule has 5 rings (SSSR count). The molecule has 40 heavy (non-hydrogen) atoms. The van der Waals surface area contributed by atoms with E-state index in [1.807, 2.05) is 20.8 Å². The Labute approximate surface area is 232 Å². The number of esters is 1. The van der Waals surface area contributed by atoms with Gasteiger partial charge in [0.05, 0.1) is 17.1 Å². The molecule has 4 aromatic rings. The van der Waals surface area contributed by atoms with Gasteiger partial charge in [-0.05, 0) is 53.8 Å². The summed E-state index contributed by atoms with van der Waals surface area (Å²) in [6.45, 7) is 6.20. The molecular formula is C30H30N2O7S. The summed E-state index contributed by atoms with van der Waals surface area (Å²) in [7, 11) is -4.21. The van der Waals surface area contributed by atoms with Gasteiger partial charge in [0.25, 0.3) is 15.9 Å². The predicted molar refractivity (Wildman–Crippen MR) is 149 cm³/mol. The monoisotopic (exact) mass is 562 g/mol. The largest absolute Gasteiger partial charge is 0.462 e. The van der Waals surface area contributed by atoms with E-state index in [0.717, 1.165) is 5.56 Å². The molecule has 10 heteroatoms. The number of amides is 1. The number of nitrogens with zero attached hydrogens (tertiary/aromatic N) is 1. The molecule has 1 amide bonds. The maximum absolute atomic E-state index is 13.9. The topological polar surface area (TPSA) is 113 Å². The van der Waals surface area contributed by atoms with Crippen LogP contribution in [0.25, 0.3) is 10.9 Å². The fourth-order valence-electron chi connectivity index (χ4n) is 4.65. The highest BCUT2D eigenvalue weighted by atomic mass is 32.2. The lowest BCUT2D eigenvalue weighted by molar-refractivity contribution is -0.121. The van der Waals surface area contributed by atoms with Crippen molar-refractivity contribution in [1.29, 1.82) is 0 Å². The van der Waals surface area contributed by atoms with E-state index >= 15 is 0 Å². The lowest BCUT2D eigenvalue weighted by atomic mass is 10.0. The lowest BCUT2D eigenvalue weighted by Crippen LogP contribution is -2.37.